The van der Waals surface area contributed by atoms with Crippen molar-refractivity contribution in [1.82, 2.24) is 4.90 Å². The first-order valence-electron chi connectivity index (χ1n) is 7.05. The Morgan fingerprint density at radius 2 is 1.90 bits per heavy atom. The first kappa shape index (κ1) is 15.9. The van der Waals surface area contributed by atoms with Crippen molar-refractivity contribution in [2.24, 2.45) is 0 Å². The lowest BCUT2D eigenvalue weighted by Gasteiger charge is -2.32. The Balaban J connectivity index is 1.88. The predicted octanol–water partition coefficient (Wildman–Crippen LogP) is 1.51. The summed E-state index contributed by atoms with van der Waals surface area (Å²) in [4.78, 5) is 13.7. The Labute approximate surface area is 122 Å². The number of halogens is 2. The number of carbonyl (C=O) groups is 1. The summed E-state index contributed by atoms with van der Waals surface area (Å²) in [5.41, 5.74) is -0.179. The average molecular weight is 299 g/mol. The number of benzene rings is 1. The smallest absolute Gasteiger partial charge is 0.227 e. The third-order valence-electron chi connectivity index (χ3n) is 3.63. The average Bonchev–Trinajstić information content (AvgIpc) is 2.49. The van der Waals surface area contributed by atoms with E-state index in [0.29, 0.717) is 32.5 Å². The molecule has 1 aromatic carbocycles. The Morgan fingerprint density at radius 1 is 1.29 bits per heavy atom. The number of rotatable bonds is 5. The molecule has 0 unspecified atom stereocenters. The number of hydrogen-bond donors (Lipinski definition) is 1. The number of hydrogen-bond acceptors (Lipinski definition) is 3. The van der Waals surface area contributed by atoms with Crippen LogP contribution in [0.2, 0.25) is 0 Å². The van der Waals surface area contributed by atoms with E-state index in [-0.39, 0.29) is 30.6 Å². The molecule has 1 aliphatic rings. The van der Waals surface area contributed by atoms with Gasteiger partial charge in [0.15, 0.2) is 0 Å². The number of nitrogens with zero attached hydrogens (tertiary/aromatic N) is 1. The molecule has 1 N–H and O–H groups in total. The molecule has 2 rings (SSSR count). The Hall–Kier alpha value is -1.53. The molecule has 0 atom stereocenters. The number of aliphatic hydroxyl groups is 1. The molecule has 0 aliphatic carbocycles. The fourth-order valence-electron chi connectivity index (χ4n) is 2.46. The molecule has 6 heteroatoms. The van der Waals surface area contributed by atoms with Gasteiger partial charge in [0.05, 0.1) is 25.7 Å². The highest BCUT2D eigenvalue weighted by Gasteiger charge is 2.24. The molecule has 1 aromatic rings. The molecule has 1 saturated heterocycles. The Morgan fingerprint density at radius 3 is 2.48 bits per heavy atom. The minimum atomic E-state index is -0.690. The third-order valence-corrected chi connectivity index (χ3v) is 3.63. The molecule has 4 nitrogen and oxygen atoms in total. The van der Waals surface area contributed by atoms with E-state index in [1.807, 2.05) is 0 Å². The van der Waals surface area contributed by atoms with E-state index >= 15 is 0 Å². The number of likely N-dealkylation sites (tertiary alicyclic amines) is 1. The zero-order valence-corrected chi connectivity index (χ0v) is 11.7. The van der Waals surface area contributed by atoms with Crippen LogP contribution in [0.25, 0.3) is 0 Å². The second-order valence-corrected chi connectivity index (χ2v) is 5.05. The molecular weight excluding hydrogens is 280 g/mol. The second kappa shape index (κ2) is 7.47. The highest BCUT2D eigenvalue weighted by molar-refractivity contribution is 5.79. The lowest BCUT2D eigenvalue weighted by atomic mass is 10.1. The Kier molecular flexibility index (Phi) is 5.64. The maximum atomic E-state index is 13.5. The lowest BCUT2D eigenvalue weighted by Crippen LogP contribution is -2.42. The molecule has 116 valence electrons. The van der Waals surface area contributed by atoms with Crippen LogP contribution in [0.1, 0.15) is 18.4 Å². The van der Waals surface area contributed by atoms with Crippen LogP contribution in [0, 0.1) is 11.6 Å². The van der Waals surface area contributed by atoms with E-state index in [9.17, 15) is 13.6 Å². The molecule has 0 saturated carbocycles. The van der Waals surface area contributed by atoms with E-state index < -0.39 is 11.6 Å². The van der Waals surface area contributed by atoms with Crippen LogP contribution in [-0.2, 0) is 16.0 Å². The van der Waals surface area contributed by atoms with Crippen LogP contribution in [-0.4, -0.2) is 48.3 Å². The van der Waals surface area contributed by atoms with Crippen molar-refractivity contribution in [2.45, 2.75) is 25.4 Å². The first-order valence-corrected chi connectivity index (χ1v) is 7.05. The van der Waals surface area contributed by atoms with Gasteiger partial charge in [-0.25, -0.2) is 8.78 Å². The van der Waals surface area contributed by atoms with Gasteiger partial charge in [-0.15, -0.1) is 0 Å². The summed E-state index contributed by atoms with van der Waals surface area (Å²) in [6.45, 7) is 1.28. The molecular formula is C15H19F2NO3. The summed E-state index contributed by atoms with van der Waals surface area (Å²) in [6.07, 6.45) is 1.11. The van der Waals surface area contributed by atoms with E-state index in [1.165, 1.54) is 6.07 Å². The van der Waals surface area contributed by atoms with Crippen molar-refractivity contribution in [3.8, 4) is 0 Å². The van der Waals surface area contributed by atoms with Crippen LogP contribution in [0.15, 0.2) is 18.2 Å². The Bertz CT molecular complexity index is 468. The van der Waals surface area contributed by atoms with Crippen molar-refractivity contribution < 1.29 is 23.4 Å². The monoisotopic (exact) mass is 299 g/mol. The van der Waals surface area contributed by atoms with Crippen molar-refractivity contribution in [3.05, 3.63) is 35.4 Å². The van der Waals surface area contributed by atoms with Crippen molar-refractivity contribution in [3.63, 3.8) is 0 Å². The molecule has 1 heterocycles. The van der Waals surface area contributed by atoms with Crippen LogP contribution >= 0.6 is 0 Å². The van der Waals surface area contributed by atoms with Gasteiger partial charge >= 0.3 is 0 Å². The molecule has 0 aromatic heterocycles. The topological polar surface area (TPSA) is 49.8 Å². The second-order valence-electron chi connectivity index (χ2n) is 5.05. The summed E-state index contributed by atoms with van der Waals surface area (Å²) in [6, 6.07) is 3.59. The summed E-state index contributed by atoms with van der Waals surface area (Å²) in [7, 11) is 0. The van der Waals surface area contributed by atoms with Crippen LogP contribution < -0.4 is 0 Å². The zero-order valence-electron chi connectivity index (χ0n) is 11.7. The lowest BCUT2D eigenvalue weighted by molar-refractivity contribution is -0.133. The molecule has 21 heavy (non-hydrogen) atoms. The highest BCUT2D eigenvalue weighted by atomic mass is 19.1. The fraction of sp³-hybridized carbons (Fsp3) is 0.533. The normalized spacial score (nSPS) is 16.2. The van der Waals surface area contributed by atoms with Crippen LogP contribution in [0.4, 0.5) is 8.78 Å². The van der Waals surface area contributed by atoms with E-state index in [1.54, 1.807) is 4.90 Å². The van der Waals surface area contributed by atoms with Crippen molar-refractivity contribution in [1.29, 1.82) is 0 Å². The zero-order chi connectivity index (χ0) is 15.2. The van der Waals surface area contributed by atoms with Gasteiger partial charge in [0.2, 0.25) is 5.91 Å². The van der Waals surface area contributed by atoms with Gasteiger partial charge in [0.1, 0.15) is 11.6 Å². The number of ether oxygens (including phenoxy) is 1. The van der Waals surface area contributed by atoms with Gasteiger partial charge in [-0.1, -0.05) is 6.07 Å². The summed E-state index contributed by atoms with van der Waals surface area (Å²) < 4.78 is 32.5. The van der Waals surface area contributed by atoms with Gasteiger partial charge in [-0.2, -0.15) is 0 Å². The van der Waals surface area contributed by atoms with E-state index in [2.05, 4.69) is 0 Å². The molecule has 1 aliphatic heterocycles. The maximum Gasteiger partial charge on any atom is 0.227 e. The molecule has 0 bridgehead atoms. The third kappa shape index (κ3) is 4.22. The fourth-order valence-corrected chi connectivity index (χ4v) is 2.46. The number of carbonyl (C=O) groups excluding carboxylic acids is 1. The van der Waals surface area contributed by atoms with Gasteiger partial charge in [-0.05, 0) is 25.0 Å². The quantitative estimate of drug-likeness (QED) is 0.896. The standard InChI is InChI=1S/C15H19F2NO3/c16-13-2-1-3-14(17)12(13)10-15(20)18-6-4-11(5-7-18)21-9-8-19/h1-3,11,19H,4-10H2. The van der Waals surface area contributed by atoms with E-state index in [4.69, 9.17) is 9.84 Å². The first-order chi connectivity index (χ1) is 10.1. The SMILES string of the molecule is O=C(Cc1c(F)cccc1F)N1CCC(OCCO)CC1. The summed E-state index contributed by atoms with van der Waals surface area (Å²) >= 11 is 0. The van der Waals surface area contributed by atoms with Gasteiger partial charge in [-0.3, -0.25) is 4.79 Å². The molecule has 0 radical (unpaired) electrons. The van der Waals surface area contributed by atoms with Crippen molar-refractivity contribution in [2.75, 3.05) is 26.3 Å². The summed E-state index contributed by atoms with van der Waals surface area (Å²) in [5, 5.41) is 8.69. The predicted molar refractivity (Wildman–Crippen MR) is 72.7 cm³/mol. The largest absolute Gasteiger partial charge is 0.394 e. The van der Waals surface area contributed by atoms with E-state index in [0.717, 1.165) is 12.1 Å². The van der Waals surface area contributed by atoms with Crippen LogP contribution in [0.3, 0.4) is 0 Å². The maximum absolute atomic E-state index is 13.5. The molecule has 1 amide bonds. The van der Waals surface area contributed by atoms with Gasteiger partial charge < -0.3 is 14.7 Å². The number of aliphatic hydroxyl groups excluding tert-OH is 1. The van der Waals surface area contributed by atoms with Crippen LogP contribution in [0.5, 0.6) is 0 Å². The van der Waals surface area contributed by atoms with Crippen molar-refractivity contribution >= 4 is 5.91 Å². The van der Waals surface area contributed by atoms with Gasteiger partial charge in [0.25, 0.3) is 0 Å². The number of piperidine rings is 1. The molecule has 1 fully saturated rings. The minimum Gasteiger partial charge on any atom is -0.394 e. The minimum absolute atomic E-state index is 0.0221. The number of amides is 1. The van der Waals surface area contributed by atoms with Gasteiger partial charge in [0, 0.05) is 18.7 Å². The molecule has 0 spiro atoms. The summed E-state index contributed by atoms with van der Waals surface area (Å²) in [5.74, 6) is -1.66. The highest BCUT2D eigenvalue weighted by Crippen LogP contribution is 2.17.